The predicted molar refractivity (Wildman–Crippen MR) is 109 cm³/mol. The van der Waals surface area contributed by atoms with Crippen molar-refractivity contribution in [3.63, 3.8) is 0 Å². The highest BCUT2D eigenvalue weighted by molar-refractivity contribution is 7.99. The molecule has 4 heteroatoms. The molecule has 144 valence electrons. The maximum Gasteiger partial charge on any atom is 0.128 e. The Labute approximate surface area is 166 Å². The van der Waals surface area contributed by atoms with Crippen LogP contribution in [0.25, 0.3) is 0 Å². The minimum atomic E-state index is -0.132. The Morgan fingerprint density at radius 2 is 1.81 bits per heavy atom. The first-order chi connectivity index (χ1) is 13.0. The van der Waals surface area contributed by atoms with E-state index in [-0.39, 0.29) is 5.82 Å². The second-order valence-electron chi connectivity index (χ2n) is 8.32. The second-order valence-corrected chi connectivity index (χ2v) is 9.41. The summed E-state index contributed by atoms with van der Waals surface area (Å²) in [4.78, 5) is 5.83. The van der Waals surface area contributed by atoms with Gasteiger partial charge in [0, 0.05) is 21.8 Å². The molecule has 0 amide bonds. The van der Waals surface area contributed by atoms with E-state index in [1.807, 2.05) is 6.07 Å². The minimum absolute atomic E-state index is 0.132. The van der Waals surface area contributed by atoms with E-state index >= 15 is 0 Å². The molecular formula is C23H31FN2S+2. The van der Waals surface area contributed by atoms with Gasteiger partial charge in [0.2, 0.25) is 0 Å². The molecule has 1 atom stereocenters. The van der Waals surface area contributed by atoms with Gasteiger partial charge < -0.3 is 9.80 Å². The van der Waals surface area contributed by atoms with Crippen molar-refractivity contribution in [2.24, 2.45) is 0 Å². The molecule has 2 heterocycles. The SMILES string of the molecule is CC[NH+]1CC[NH+]([C@H]2Cc3ccc(F)cc3Sc3ccc(C(C)C)cc32)CC1. The summed E-state index contributed by atoms with van der Waals surface area (Å²) < 4.78 is 13.9. The maximum atomic E-state index is 13.9. The van der Waals surface area contributed by atoms with Crippen LogP contribution in [0.5, 0.6) is 0 Å². The molecule has 2 aliphatic rings. The van der Waals surface area contributed by atoms with Gasteiger partial charge in [0.05, 0.1) is 6.54 Å². The van der Waals surface area contributed by atoms with Crippen LogP contribution in [0.4, 0.5) is 4.39 Å². The molecule has 2 aromatic rings. The molecule has 0 spiro atoms. The van der Waals surface area contributed by atoms with Crippen LogP contribution in [-0.4, -0.2) is 32.7 Å². The van der Waals surface area contributed by atoms with Crippen LogP contribution < -0.4 is 9.80 Å². The van der Waals surface area contributed by atoms with Gasteiger partial charge in [-0.25, -0.2) is 4.39 Å². The Kier molecular flexibility index (Phi) is 5.58. The van der Waals surface area contributed by atoms with E-state index in [4.69, 9.17) is 0 Å². The van der Waals surface area contributed by atoms with Crippen molar-refractivity contribution in [2.75, 3.05) is 32.7 Å². The number of fused-ring (bicyclic) bond motifs is 2. The molecule has 4 rings (SSSR count). The molecule has 2 N–H and O–H groups in total. The molecule has 2 aliphatic heterocycles. The van der Waals surface area contributed by atoms with Gasteiger partial charge in [-0.15, -0.1) is 0 Å². The van der Waals surface area contributed by atoms with Gasteiger partial charge in [0.1, 0.15) is 38.0 Å². The lowest BCUT2D eigenvalue weighted by atomic mass is 9.93. The lowest BCUT2D eigenvalue weighted by Crippen LogP contribution is -3.28. The number of piperazine rings is 1. The van der Waals surface area contributed by atoms with Gasteiger partial charge in [-0.2, -0.15) is 0 Å². The number of rotatable bonds is 3. The average Bonchev–Trinajstić information content (AvgIpc) is 2.83. The molecule has 2 nitrogen and oxygen atoms in total. The standard InChI is InChI=1S/C23H29FN2S/c1-4-25-9-11-26(12-10-25)21-14-18-5-7-19(24)15-23(18)27-22-8-6-17(16(2)3)13-20(21)22/h5-8,13,15-16,21H,4,9-12,14H2,1-3H3/p+2/t21-/m0/s1. The first kappa shape index (κ1) is 19.0. The molecule has 2 aromatic carbocycles. The van der Waals surface area contributed by atoms with Gasteiger partial charge in [0.15, 0.2) is 0 Å². The van der Waals surface area contributed by atoms with Gasteiger partial charge in [0.25, 0.3) is 0 Å². The fourth-order valence-corrected chi connectivity index (χ4v) is 5.67. The third-order valence-electron chi connectivity index (χ3n) is 6.34. The highest BCUT2D eigenvalue weighted by atomic mass is 32.2. The van der Waals surface area contributed by atoms with E-state index in [1.165, 1.54) is 54.3 Å². The molecule has 0 unspecified atom stereocenters. The Balaban J connectivity index is 1.74. The number of nitrogens with one attached hydrogen (secondary N) is 2. The molecule has 0 saturated carbocycles. The largest absolute Gasteiger partial charge is 0.326 e. The lowest BCUT2D eigenvalue weighted by Gasteiger charge is -2.35. The Morgan fingerprint density at radius 3 is 2.52 bits per heavy atom. The number of benzene rings is 2. The summed E-state index contributed by atoms with van der Waals surface area (Å²) in [5, 5.41) is 0. The first-order valence-corrected chi connectivity index (χ1v) is 11.1. The van der Waals surface area contributed by atoms with E-state index in [1.54, 1.807) is 33.7 Å². The van der Waals surface area contributed by atoms with Crippen molar-refractivity contribution < 1.29 is 14.2 Å². The number of hydrogen-bond acceptors (Lipinski definition) is 1. The van der Waals surface area contributed by atoms with Crippen LogP contribution in [0.3, 0.4) is 0 Å². The summed E-state index contributed by atoms with van der Waals surface area (Å²) >= 11 is 1.75. The number of likely N-dealkylation sites (N-methyl/N-ethyl adjacent to an activating group) is 1. The van der Waals surface area contributed by atoms with Crippen molar-refractivity contribution in [2.45, 2.75) is 48.9 Å². The fourth-order valence-electron chi connectivity index (χ4n) is 4.52. The Bertz CT molecular complexity index is 812. The second kappa shape index (κ2) is 7.94. The van der Waals surface area contributed by atoms with Crippen molar-refractivity contribution in [3.8, 4) is 0 Å². The molecule has 0 aromatic heterocycles. The van der Waals surface area contributed by atoms with Crippen LogP contribution >= 0.6 is 11.8 Å². The topological polar surface area (TPSA) is 8.88 Å². The number of hydrogen-bond donors (Lipinski definition) is 2. The zero-order chi connectivity index (χ0) is 19.0. The summed E-state index contributed by atoms with van der Waals surface area (Å²) in [5.74, 6) is 0.396. The van der Waals surface area contributed by atoms with E-state index in [9.17, 15) is 4.39 Å². The molecule has 0 aliphatic carbocycles. The summed E-state index contributed by atoms with van der Waals surface area (Å²) in [6.07, 6.45) is 1.01. The summed E-state index contributed by atoms with van der Waals surface area (Å²) in [6.45, 7) is 13.0. The van der Waals surface area contributed by atoms with Gasteiger partial charge >= 0.3 is 0 Å². The van der Waals surface area contributed by atoms with Crippen LogP contribution in [0.1, 0.15) is 49.4 Å². The molecule has 27 heavy (non-hydrogen) atoms. The van der Waals surface area contributed by atoms with Crippen LogP contribution in [0.15, 0.2) is 46.2 Å². The number of quaternary nitrogens is 2. The fraction of sp³-hybridized carbons (Fsp3) is 0.478. The average molecular weight is 387 g/mol. The predicted octanol–water partition coefficient (Wildman–Crippen LogP) is 2.50. The van der Waals surface area contributed by atoms with Gasteiger partial charge in [-0.3, -0.25) is 0 Å². The van der Waals surface area contributed by atoms with Crippen LogP contribution in [0.2, 0.25) is 0 Å². The highest BCUT2D eigenvalue weighted by Gasteiger charge is 2.34. The van der Waals surface area contributed by atoms with Crippen LogP contribution in [0, 0.1) is 5.82 Å². The minimum Gasteiger partial charge on any atom is -0.326 e. The van der Waals surface area contributed by atoms with Gasteiger partial charge in [-0.1, -0.05) is 37.7 Å². The van der Waals surface area contributed by atoms with E-state index in [0.29, 0.717) is 12.0 Å². The molecule has 1 fully saturated rings. The third kappa shape index (κ3) is 3.94. The zero-order valence-corrected chi connectivity index (χ0v) is 17.5. The van der Waals surface area contributed by atoms with E-state index in [0.717, 1.165) is 11.3 Å². The van der Waals surface area contributed by atoms with Crippen molar-refractivity contribution in [1.29, 1.82) is 0 Å². The molecule has 0 bridgehead atoms. The quantitative estimate of drug-likeness (QED) is 0.824. The highest BCUT2D eigenvalue weighted by Crippen LogP contribution is 2.41. The first-order valence-electron chi connectivity index (χ1n) is 10.3. The third-order valence-corrected chi connectivity index (χ3v) is 7.53. The Hall–Kier alpha value is -1.36. The summed E-state index contributed by atoms with van der Waals surface area (Å²) in [5.41, 5.74) is 4.18. The normalized spacial score (nSPS) is 25.0. The molecular weight excluding hydrogens is 355 g/mol. The van der Waals surface area contributed by atoms with E-state index in [2.05, 4.69) is 39.0 Å². The van der Waals surface area contributed by atoms with Crippen molar-refractivity contribution in [3.05, 3.63) is 58.9 Å². The zero-order valence-electron chi connectivity index (χ0n) is 16.6. The molecule has 1 saturated heterocycles. The van der Waals surface area contributed by atoms with Crippen molar-refractivity contribution >= 4 is 11.8 Å². The summed E-state index contributed by atoms with van der Waals surface area (Å²) in [7, 11) is 0. The lowest BCUT2D eigenvalue weighted by molar-refractivity contribution is -1.03. The monoisotopic (exact) mass is 386 g/mol. The van der Waals surface area contributed by atoms with Crippen LogP contribution in [-0.2, 0) is 6.42 Å². The van der Waals surface area contributed by atoms with E-state index < -0.39 is 0 Å². The van der Waals surface area contributed by atoms with Gasteiger partial charge in [-0.05, 0) is 48.2 Å². The smallest absolute Gasteiger partial charge is 0.128 e. The Morgan fingerprint density at radius 1 is 1.04 bits per heavy atom. The molecule has 0 radical (unpaired) electrons. The maximum absolute atomic E-state index is 13.9. The number of halogens is 1. The summed E-state index contributed by atoms with van der Waals surface area (Å²) in [6, 6.07) is 12.8. The van der Waals surface area contributed by atoms with Crippen molar-refractivity contribution in [1.82, 2.24) is 0 Å².